The minimum atomic E-state index is 0. The van der Waals surface area contributed by atoms with Gasteiger partial charge in [-0.2, -0.15) is 0 Å². The zero-order valence-corrected chi connectivity index (χ0v) is 5.15. The molecule has 3 heteroatoms. The van der Waals surface area contributed by atoms with E-state index in [9.17, 15) is 0 Å². The van der Waals surface area contributed by atoms with E-state index >= 15 is 0 Å². The standard InChI is InChI=1S/C2H5.Al.ClH.H2N/c1-2;;;/h1H2,2H3;;1H;1H2/q;+2;;-1/p-1. The van der Waals surface area contributed by atoms with Gasteiger partial charge in [0.25, 0.3) is 0 Å². The maximum Gasteiger partial charge on any atom is -0.693 e. The molecule has 0 spiro atoms. The van der Waals surface area contributed by atoms with Gasteiger partial charge in [-0.25, -0.2) is 0 Å². The van der Waals surface area contributed by atoms with Gasteiger partial charge in [0.2, 0.25) is 0 Å². The van der Waals surface area contributed by atoms with Crippen LogP contribution < -0.4 is 0 Å². The summed E-state index contributed by atoms with van der Waals surface area (Å²) in [6, 6.07) is 0. The predicted molar refractivity (Wildman–Crippen MR) is 27.4 cm³/mol. The second kappa shape index (κ2) is 8.84. The van der Waals surface area contributed by atoms with Crippen molar-refractivity contribution in [3.63, 3.8) is 0 Å². The van der Waals surface area contributed by atoms with Gasteiger partial charge in [-0.15, -0.1) is 0 Å². The Labute approximate surface area is 43.2 Å². The fourth-order valence-corrected chi connectivity index (χ4v) is 0. The minimum absolute atomic E-state index is 0. The molecular formula is C2H7AlClN. The molecule has 30 valence electrons. The normalized spacial score (nSPS) is 4.40. The van der Waals surface area contributed by atoms with Crippen LogP contribution in [0.5, 0.6) is 0 Å². The van der Waals surface area contributed by atoms with E-state index in [4.69, 9.17) is 10.0 Å². The first-order valence-corrected chi connectivity index (χ1v) is 3.90. The molecule has 0 unspecified atom stereocenters. The summed E-state index contributed by atoms with van der Waals surface area (Å²) in [6.07, 6.45) is 0. The van der Waals surface area contributed by atoms with Gasteiger partial charge in [0.05, 0.1) is 0 Å². The number of hydrogen-bond acceptors (Lipinski definition) is 0. The van der Waals surface area contributed by atoms with Crippen LogP contribution in [-0.2, 0) is 0 Å². The zero-order chi connectivity index (χ0) is 3.41. The van der Waals surface area contributed by atoms with Crippen molar-refractivity contribution in [1.82, 2.24) is 0 Å². The first-order valence-electron chi connectivity index (χ1n) is 1.33. The average Bonchev–Trinajstić information content (AvgIpc) is 1.37. The van der Waals surface area contributed by atoms with Crippen LogP contribution in [0.4, 0.5) is 0 Å². The molecule has 0 heterocycles. The fourth-order valence-electron chi connectivity index (χ4n) is 0. The van der Waals surface area contributed by atoms with Crippen LogP contribution in [0.25, 0.3) is 6.15 Å². The van der Waals surface area contributed by atoms with Gasteiger partial charge in [-0.05, 0) is 0 Å². The van der Waals surface area contributed by atoms with Gasteiger partial charge in [0.1, 0.15) is 0 Å². The number of nitrogens with two attached hydrogens (primary N) is 1. The fraction of sp³-hybridized carbons (Fsp3) is 1.00. The van der Waals surface area contributed by atoms with Crippen molar-refractivity contribution in [3.05, 3.63) is 6.15 Å². The Morgan fingerprint density at radius 3 is 2.00 bits per heavy atom. The van der Waals surface area contributed by atoms with E-state index in [-0.39, 0.29) is 20.4 Å². The molecule has 0 saturated carbocycles. The smallest absolute Gasteiger partial charge is 0.693 e. The van der Waals surface area contributed by atoms with Crippen LogP contribution in [0.3, 0.4) is 0 Å². The first-order chi connectivity index (χ1) is 1.91. The van der Waals surface area contributed by atoms with E-state index in [1.807, 2.05) is 0 Å². The number of halogens is 1. The van der Waals surface area contributed by atoms with Gasteiger partial charge in [0, 0.05) is 0 Å². The van der Waals surface area contributed by atoms with E-state index < -0.39 is 0 Å². The first kappa shape index (κ1) is 9.24. The monoisotopic (exact) mass is 107 g/mol. The molecule has 0 fully saturated rings. The Morgan fingerprint density at radius 2 is 2.00 bits per heavy atom. The molecule has 0 aliphatic carbocycles. The van der Waals surface area contributed by atoms with Crippen LogP contribution >= 0.6 is 10.0 Å². The quantitative estimate of drug-likeness (QED) is 0.460. The Bertz CT molecular complexity index is 11.6. The Kier molecular flexibility index (Phi) is 16.3. The summed E-state index contributed by atoms with van der Waals surface area (Å²) in [4.78, 5) is 0. The van der Waals surface area contributed by atoms with E-state index in [1.54, 1.807) is 0 Å². The molecule has 0 radical (unpaired) electrons. The molecule has 0 amide bonds. The molecule has 0 aromatic rings. The average molecular weight is 108 g/mol. The topological polar surface area (TPSA) is 33.5 Å². The third-order valence-corrected chi connectivity index (χ3v) is 1.39. The minimum Gasteiger partial charge on any atom is -0.693 e. The summed E-state index contributed by atoms with van der Waals surface area (Å²) in [5, 5.41) is 1.17. The maximum atomic E-state index is 5.27. The summed E-state index contributed by atoms with van der Waals surface area (Å²) in [5.41, 5.74) is 0. The molecule has 0 saturated heterocycles. The Morgan fingerprint density at radius 1 is 1.80 bits per heavy atom. The summed E-state index contributed by atoms with van der Waals surface area (Å²) >= 11 is 0.255. The van der Waals surface area contributed by atoms with Crippen molar-refractivity contribution in [2.45, 2.75) is 12.2 Å². The van der Waals surface area contributed by atoms with Gasteiger partial charge >= 0.3 is 36.6 Å². The molecular weight excluding hydrogens is 100 g/mol. The Hall–Kier alpha value is 0.782. The third kappa shape index (κ3) is 11.7. The molecule has 0 rings (SSSR count). The van der Waals surface area contributed by atoms with E-state index in [1.165, 1.54) is 5.28 Å². The van der Waals surface area contributed by atoms with Crippen LogP contribution in [-0.4, -0.2) is 14.3 Å². The van der Waals surface area contributed by atoms with Crippen LogP contribution in [0.15, 0.2) is 0 Å². The van der Waals surface area contributed by atoms with Gasteiger partial charge < -0.3 is 6.15 Å². The third-order valence-electron chi connectivity index (χ3n) is 0.154. The van der Waals surface area contributed by atoms with Crippen molar-refractivity contribution in [3.8, 4) is 0 Å². The molecule has 0 aliphatic rings. The number of rotatable bonds is 1. The van der Waals surface area contributed by atoms with E-state index in [2.05, 4.69) is 6.92 Å². The molecule has 1 nitrogen and oxygen atoms in total. The Balaban J connectivity index is 0. The molecule has 5 heavy (non-hydrogen) atoms. The molecule has 2 N–H and O–H groups in total. The summed E-state index contributed by atoms with van der Waals surface area (Å²) in [5.74, 6) is 0. The zero-order valence-electron chi connectivity index (χ0n) is 3.24. The van der Waals surface area contributed by atoms with Crippen molar-refractivity contribution < 1.29 is 0 Å². The molecule has 0 aliphatic heterocycles. The summed E-state index contributed by atoms with van der Waals surface area (Å²) in [7, 11) is 5.27. The van der Waals surface area contributed by atoms with Crippen molar-refractivity contribution in [2.75, 3.05) is 0 Å². The molecule has 0 atom stereocenters. The van der Waals surface area contributed by atoms with E-state index in [0.717, 1.165) is 0 Å². The molecule has 0 aromatic heterocycles. The van der Waals surface area contributed by atoms with Crippen molar-refractivity contribution >= 4 is 24.3 Å². The van der Waals surface area contributed by atoms with Crippen LogP contribution in [0.2, 0.25) is 5.28 Å². The summed E-state index contributed by atoms with van der Waals surface area (Å²) in [6.45, 7) is 2.09. The predicted octanol–water partition coefficient (Wildman–Crippen LogP) is 2.00. The van der Waals surface area contributed by atoms with E-state index in [0.29, 0.717) is 0 Å². The molecule has 0 aromatic carbocycles. The second-order valence-electron chi connectivity index (χ2n) is 0.563. The maximum absolute atomic E-state index is 5.27. The number of hydrogen-bond donors (Lipinski definition) is 0. The van der Waals surface area contributed by atoms with Gasteiger partial charge in [-0.3, -0.25) is 0 Å². The van der Waals surface area contributed by atoms with Gasteiger partial charge in [0.15, 0.2) is 0 Å². The van der Waals surface area contributed by atoms with Crippen molar-refractivity contribution in [2.24, 2.45) is 0 Å². The SMILES string of the molecule is C[CH2][Al+][Cl].[NH2-]. The van der Waals surface area contributed by atoms with Crippen LogP contribution in [0, 0.1) is 0 Å². The van der Waals surface area contributed by atoms with Crippen molar-refractivity contribution in [1.29, 1.82) is 0 Å². The largest absolute Gasteiger partial charge is 0.693 e. The van der Waals surface area contributed by atoms with Crippen LogP contribution in [0.1, 0.15) is 6.92 Å². The summed E-state index contributed by atoms with van der Waals surface area (Å²) < 4.78 is 0. The van der Waals surface area contributed by atoms with Gasteiger partial charge in [-0.1, -0.05) is 0 Å². The second-order valence-corrected chi connectivity index (χ2v) is 2.61. The molecule has 0 bridgehead atoms.